The molecule has 24 aromatic rings. The van der Waals surface area contributed by atoms with Crippen molar-refractivity contribution in [2.75, 3.05) is 19.6 Å². The van der Waals surface area contributed by atoms with Crippen LogP contribution in [0.2, 0.25) is 0 Å². The van der Waals surface area contributed by atoms with E-state index in [0.717, 1.165) is 168 Å². The molecule has 0 unspecified atom stereocenters. The lowest BCUT2D eigenvalue weighted by Crippen LogP contribution is -2.36. The molecule has 2 aromatic heterocycles. The number of para-hydroxylation sites is 11. The minimum atomic E-state index is -0.779. The average Bonchev–Trinajstić information content (AvgIpc) is 1.50. The van der Waals surface area contributed by atoms with Crippen LogP contribution in [0.15, 0.2) is 531 Å². The van der Waals surface area contributed by atoms with E-state index in [4.69, 9.17) is 8.83 Å². The Morgan fingerprint density at radius 3 is 1.06 bits per heavy atom. The Morgan fingerprint density at radius 1 is 0.171 bits per heavy atom. The maximum atomic E-state index is 7.29. The predicted octanol–water partition coefficient (Wildman–Crippen LogP) is 36.4. The maximum absolute atomic E-state index is 7.29. The smallest absolute Gasteiger partial charge is 0.143 e. The molecule has 22 aromatic carbocycles. The van der Waals surface area contributed by atoms with Crippen molar-refractivity contribution in [1.82, 2.24) is 0 Å². The van der Waals surface area contributed by atoms with Crippen LogP contribution in [0.3, 0.4) is 0 Å². The summed E-state index contributed by atoms with van der Waals surface area (Å²) in [7, 11) is 0. The summed E-state index contributed by atoms with van der Waals surface area (Å²) in [6.45, 7) is 0. The van der Waals surface area contributed by atoms with Gasteiger partial charge in [0.05, 0.1) is 62.0 Å². The highest BCUT2D eigenvalue weighted by molar-refractivity contribution is 6.15. The van der Waals surface area contributed by atoms with Gasteiger partial charge in [-0.15, -0.1) is 0 Å². The molecule has 6 nitrogen and oxygen atoms in total. The number of anilines is 12. The van der Waals surface area contributed by atoms with E-state index in [2.05, 4.69) is 541 Å². The van der Waals surface area contributed by atoms with Crippen LogP contribution >= 0.6 is 0 Å². The van der Waals surface area contributed by atoms with Crippen molar-refractivity contribution >= 4 is 112 Å². The molecular weight excluding hydrogens is 1700 g/mol. The first-order valence-electron chi connectivity index (χ1n) is 48.3. The zero-order valence-electron chi connectivity index (χ0n) is 76.3. The number of fused-ring (bicyclic) bond motifs is 24. The summed E-state index contributed by atoms with van der Waals surface area (Å²) < 4.78 is 14.2. The molecule has 0 amide bonds. The van der Waals surface area contributed by atoms with Crippen molar-refractivity contribution < 1.29 is 8.83 Å². The Labute approximate surface area is 812 Å². The molecule has 654 valence electrons. The van der Waals surface area contributed by atoms with Crippen LogP contribution in [0.4, 0.5) is 68.2 Å². The van der Waals surface area contributed by atoms with Gasteiger partial charge in [-0.3, -0.25) is 0 Å². The Kier molecular flexibility index (Phi) is 18.4. The third-order valence-electron chi connectivity index (χ3n) is 29.9. The Balaban J connectivity index is 0.566. The minimum absolute atomic E-state index is 0.689. The number of hydrogen-bond donors (Lipinski definition) is 0. The Morgan fingerprint density at radius 2 is 0.500 bits per heavy atom. The first-order chi connectivity index (χ1) is 69.5. The summed E-state index contributed by atoms with van der Waals surface area (Å²) in [5, 5.41) is 4.25. The van der Waals surface area contributed by atoms with Gasteiger partial charge in [0.15, 0.2) is 0 Å². The van der Waals surface area contributed by atoms with E-state index in [-0.39, 0.29) is 0 Å². The molecule has 0 bridgehead atoms. The van der Waals surface area contributed by atoms with E-state index >= 15 is 0 Å². The molecule has 28 rings (SSSR count). The minimum Gasteiger partial charge on any atom is -0.455 e. The molecular formula is C134H86N4O2. The fraction of sp³-hybridized carbons (Fsp3) is 0.0149. The highest BCUT2D eigenvalue weighted by atomic mass is 16.3. The monoisotopic (exact) mass is 1780 g/mol. The predicted molar refractivity (Wildman–Crippen MR) is 580 cm³/mol. The molecule has 2 spiro atoms. The summed E-state index contributed by atoms with van der Waals surface area (Å²) in [6, 6.07) is 193. The van der Waals surface area contributed by atoms with Gasteiger partial charge >= 0.3 is 0 Å². The van der Waals surface area contributed by atoms with Gasteiger partial charge in [-0.2, -0.15) is 0 Å². The van der Waals surface area contributed by atoms with E-state index in [0.29, 0.717) is 0 Å². The van der Waals surface area contributed by atoms with Crippen molar-refractivity contribution in [3.05, 3.63) is 566 Å². The number of rotatable bonds is 15. The third kappa shape index (κ3) is 12.1. The van der Waals surface area contributed by atoms with Crippen LogP contribution in [-0.2, 0) is 10.8 Å². The quantitative estimate of drug-likeness (QED) is 0.102. The lowest BCUT2D eigenvalue weighted by Gasteiger charge is -2.45. The second kappa shape index (κ2) is 32.2. The lowest BCUT2D eigenvalue weighted by atomic mass is 9.64. The maximum Gasteiger partial charge on any atom is 0.143 e. The van der Waals surface area contributed by atoms with E-state index in [1.54, 1.807) is 0 Å². The topological polar surface area (TPSA) is 39.2 Å². The zero-order chi connectivity index (χ0) is 92.1. The molecule has 0 N–H and O–H groups in total. The lowest BCUT2D eigenvalue weighted by molar-refractivity contribution is 0.669. The number of hydrogen-bond acceptors (Lipinski definition) is 6. The molecule has 0 atom stereocenters. The van der Waals surface area contributed by atoms with Gasteiger partial charge in [0.25, 0.3) is 0 Å². The van der Waals surface area contributed by atoms with Crippen molar-refractivity contribution in [2.24, 2.45) is 0 Å². The van der Waals surface area contributed by atoms with Gasteiger partial charge in [0.2, 0.25) is 0 Å². The van der Waals surface area contributed by atoms with E-state index in [1.807, 2.05) is 0 Å². The van der Waals surface area contributed by atoms with E-state index < -0.39 is 10.8 Å². The van der Waals surface area contributed by atoms with E-state index in [1.165, 1.54) is 89.0 Å². The molecule has 6 heteroatoms. The second-order valence-electron chi connectivity index (χ2n) is 37.1. The highest BCUT2D eigenvalue weighted by Crippen LogP contribution is 2.69. The second-order valence-corrected chi connectivity index (χ2v) is 37.1. The van der Waals surface area contributed by atoms with Crippen LogP contribution in [-0.4, -0.2) is 0 Å². The Bertz CT molecular complexity index is 9010. The van der Waals surface area contributed by atoms with Crippen molar-refractivity contribution in [1.29, 1.82) is 0 Å². The standard InChI is InChI=1S/C134H86N4O2/c1-4-36-87(37-5-1)89-74-78-91(79-75-89)99-46-12-22-64-118(99)136(125-71-34-62-116-129(125)107-50-10-16-56-110(107)133(116)112-58-18-25-67-121(112)135(96-42-8-3-9-43-96)122-68-26-19-59-113(122)133)98-45-31-41-95(85-98)101-52-32-55-106-109-86-94(82-83-128(109)140-131(101)106)93-40-30-44-97(84-93)137-123-69-27-20-60-114(123)134(115-61-21-28-70-124(115)137)111-57-17-11-51-108(111)130-117(134)63-35-72-126(130)138(119-65-23-13-47-100(119)92-80-76-90(77-81-92)88-38-6-2-7-39-88)120-66-24-14-48-102(120)104-53-33-54-105-103-49-15-29-73-127(103)139-132(104)105/h1-86H. The highest BCUT2D eigenvalue weighted by Gasteiger charge is 2.55. The average molecular weight is 1780 g/mol. The molecule has 0 saturated carbocycles. The molecule has 4 heterocycles. The van der Waals surface area contributed by atoms with Crippen molar-refractivity contribution in [2.45, 2.75) is 10.8 Å². The summed E-state index contributed by atoms with van der Waals surface area (Å²) in [6.07, 6.45) is 0. The molecule has 2 aliphatic heterocycles. The molecule has 0 fully saturated rings. The summed E-state index contributed by atoms with van der Waals surface area (Å²) >= 11 is 0. The van der Waals surface area contributed by atoms with Gasteiger partial charge in [-0.05, 0) is 215 Å². The molecule has 140 heavy (non-hydrogen) atoms. The van der Waals surface area contributed by atoms with Crippen molar-refractivity contribution in [3.63, 3.8) is 0 Å². The molecule has 0 saturated heterocycles. The largest absolute Gasteiger partial charge is 0.455 e. The van der Waals surface area contributed by atoms with Gasteiger partial charge < -0.3 is 28.4 Å². The SMILES string of the molecule is c1ccc(-c2ccc(-c3ccccc3N(c3cccc(-c4cccc5c4oc4ccc(-c6cccc(N7c8ccccc8C8(c9ccccc9-c9c(N(c%10ccccc%10-c%10ccc(-c%11ccccc%11)cc%10)c%10ccccc%10-c%10cccc%11c%10oc%10ccccc%10%11)cccc98)c8ccccc87)c6)cc45)c3)c3cccc4c3-c3ccccc3C43c4ccccc4N(c4ccccc4)c4ccccc43)cc2)cc1. The number of benzene rings is 22. The summed E-state index contributed by atoms with van der Waals surface area (Å²) in [5.74, 6) is 0. The van der Waals surface area contributed by atoms with Crippen LogP contribution < -0.4 is 19.6 Å². The van der Waals surface area contributed by atoms with Gasteiger partial charge in [-0.25, -0.2) is 0 Å². The third-order valence-corrected chi connectivity index (χ3v) is 29.9. The summed E-state index contributed by atoms with van der Waals surface area (Å²) in [5.41, 5.74) is 44.8. The van der Waals surface area contributed by atoms with Crippen LogP contribution in [0, 0.1) is 0 Å². The number of nitrogens with zero attached hydrogens (tertiary/aromatic N) is 4. The molecule has 4 aliphatic rings. The fourth-order valence-electron chi connectivity index (χ4n) is 24.0. The van der Waals surface area contributed by atoms with Gasteiger partial charge in [-0.1, -0.05) is 413 Å². The van der Waals surface area contributed by atoms with Gasteiger partial charge in [0, 0.05) is 77.6 Å². The van der Waals surface area contributed by atoms with Crippen molar-refractivity contribution in [3.8, 4) is 100 Å². The summed E-state index contributed by atoms with van der Waals surface area (Å²) in [4.78, 5) is 10.0. The van der Waals surface area contributed by atoms with Crippen LogP contribution in [0.1, 0.15) is 44.5 Å². The Hall–Kier alpha value is -18.4. The fourth-order valence-corrected chi connectivity index (χ4v) is 24.0. The van der Waals surface area contributed by atoms with Gasteiger partial charge in [0.1, 0.15) is 22.3 Å². The zero-order valence-corrected chi connectivity index (χ0v) is 76.3. The molecule has 2 aliphatic carbocycles. The first-order valence-corrected chi connectivity index (χ1v) is 48.3. The van der Waals surface area contributed by atoms with Crippen LogP contribution in [0.25, 0.3) is 144 Å². The molecule has 0 radical (unpaired) electrons. The first kappa shape index (κ1) is 80.1. The normalized spacial score (nSPS) is 13.1. The van der Waals surface area contributed by atoms with E-state index in [9.17, 15) is 0 Å². The van der Waals surface area contributed by atoms with Crippen LogP contribution in [0.5, 0.6) is 0 Å². The number of furan rings is 2.